The Morgan fingerprint density at radius 3 is 2.03 bits per heavy atom. The highest BCUT2D eigenvalue weighted by atomic mass is 19.1. The van der Waals surface area contributed by atoms with Crippen LogP contribution in [-0.2, 0) is 16.1 Å². The molecule has 0 spiro atoms. The summed E-state index contributed by atoms with van der Waals surface area (Å²) in [6, 6.07) is 19.6. The number of carbonyl (C=O) groups excluding carboxylic acids is 1. The zero-order valence-corrected chi connectivity index (χ0v) is 18.9. The van der Waals surface area contributed by atoms with Crippen LogP contribution in [-0.4, -0.2) is 35.9 Å². The Labute approximate surface area is 197 Å². The van der Waals surface area contributed by atoms with Crippen molar-refractivity contribution in [2.45, 2.75) is 44.1 Å². The molecule has 3 aromatic rings. The highest BCUT2D eigenvalue weighted by molar-refractivity contribution is 5.88. The van der Waals surface area contributed by atoms with Crippen LogP contribution in [0.15, 0.2) is 72.8 Å². The van der Waals surface area contributed by atoms with Gasteiger partial charge in [0.1, 0.15) is 11.6 Å². The van der Waals surface area contributed by atoms with Gasteiger partial charge in [-0.2, -0.15) is 0 Å². The molecule has 7 heteroatoms. The minimum atomic E-state index is -0.652. The van der Waals surface area contributed by atoms with Crippen LogP contribution in [0.1, 0.15) is 36.0 Å². The zero-order valence-electron chi connectivity index (χ0n) is 18.9. The summed E-state index contributed by atoms with van der Waals surface area (Å²) in [4.78, 5) is 11.2. The number of rotatable bonds is 7. The van der Waals surface area contributed by atoms with Gasteiger partial charge in [0.15, 0.2) is 0 Å². The van der Waals surface area contributed by atoms with E-state index in [1.807, 2.05) is 24.3 Å². The standard InChI is InChI=1S/C27H28F2N2O3/c1-17(32)31-23-12-2-18(3-13-23)15-30-24-16-34-26(14-25(24)33)27(19-4-8-21(28)9-5-19)20-6-10-22(29)11-7-20/h2-13,24-27,30,33H,14-16H2,1H3,(H,31,32). The molecule has 1 amide bonds. The van der Waals surface area contributed by atoms with Gasteiger partial charge >= 0.3 is 0 Å². The molecule has 1 fully saturated rings. The maximum absolute atomic E-state index is 13.5. The minimum absolute atomic E-state index is 0.123. The van der Waals surface area contributed by atoms with Crippen molar-refractivity contribution in [1.82, 2.24) is 5.32 Å². The summed E-state index contributed by atoms with van der Waals surface area (Å²) in [5.74, 6) is -1.05. The van der Waals surface area contributed by atoms with Crippen molar-refractivity contribution < 1.29 is 23.4 Å². The lowest BCUT2D eigenvalue weighted by Gasteiger charge is -2.38. The fourth-order valence-electron chi connectivity index (χ4n) is 4.36. The predicted octanol–water partition coefficient (Wildman–Crippen LogP) is 4.36. The van der Waals surface area contributed by atoms with Crippen molar-refractivity contribution in [3.8, 4) is 0 Å². The van der Waals surface area contributed by atoms with Crippen LogP contribution in [0.2, 0.25) is 0 Å². The van der Waals surface area contributed by atoms with Crippen LogP contribution in [0.3, 0.4) is 0 Å². The Morgan fingerprint density at radius 1 is 0.971 bits per heavy atom. The second-order valence-corrected chi connectivity index (χ2v) is 8.62. The summed E-state index contributed by atoms with van der Waals surface area (Å²) < 4.78 is 33.2. The molecule has 3 unspecified atom stereocenters. The second-order valence-electron chi connectivity index (χ2n) is 8.62. The summed E-state index contributed by atoms with van der Waals surface area (Å²) in [5.41, 5.74) is 3.43. The molecule has 1 heterocycles. The van der Waals surface area contributed by atoms with E-state index in [0.29, 0.717) is 19.6 Å². The number of carbonyl (C=O) groups is 1. The van der Waals surface area contributed by atoms with E-state index in [4.69, 9.17) is 4.74 Å². The number of hydrogen-bond donors (Lipinski definition) is 3. The van der Waals surface area contributed by atoms with Crippen molar-refractivity contribution in [2.24, 2.45) is 0 Å². The molecule has 1 aliphatic heterocycles. The molecule has 0 radical (unpaired) electrons. The van der Waals surface area contributed by atoms with Crippen LogP contribution < -0.4 is 10.6 Å². The molecular formula is C27H28F2N2O3. The lowest BCUT2D eigenvalue weighted by Crippen LogP contribution is -2.50. The van der Waals surface area contributed by atoms with Gasteiger partial charge in [-0.05, 0) is 53.1 Å². The number of aliphatic hydroxyl groups excluding tert-OH is 1. The Morgan fingerprint density at radius 2 is 1.53 bits per heavy atom. The van der Waals surface area contributed by atoms with E-state index in [1.165, 1.54) is 31.2 Å². The highest BCUT2D eigenvalue weighted by Gasteiger charge is 2.35. The van der Waals surface area contributed by atoms with Gasteiger partial charge in [0.25, 0.3) is 0 Å². The number of anilines is 1. The third kappa shape index (κ3) is 6.05. The molecule has 3 N–H and O–H groups in total. The van der Waals surface area contributed by atoms with Crippen LogP contribution >= 0.6 is 0 Å². The van der Waals surface area contributed by atoms with E-state index in [-0.39, 0.29) is 35.6 Å². The van der Waals surface area contributed by atoms with Gasteiger partial charge in [-0.15, -0.1) is 0 Å². The first-order chi connectivity index (χ1) is 16.4. The smallest absolute Gasteiger partial charge is 0.221 e. The Balaban J connectivity index is 1.42. The zero-order chi connectivity index (χ0) is 24.1. The van der Waals surface area contributed by atoms with Gasteiger partial charge in [-0.25, -0.2) is 8.78 Å². The lowest BCUT2D eigenvalue weighted by molar-refractivity contribution is -0.114. The highest BCUT2D eigenvalue weighted by Crippen LogP contribution is 2.35. The third-order valence-electron chi connectivity index (χ3n) is 6.10. The SMILES string of the molecule is CC(=O)Nc1ccc(CNC2COC(C(c3ccc(F)cc3)c3ccc(F)cc3)CC2O)cc1. The van der Waals surface area contributed by atoms with Gasteiger partial charge < -0.3 is 20.5 Å². The average Bonchev–Trinajstić information content (AvgIpc) is 2.82. The molecule has 0 saturated carbocycles. The molecule has 0 aliphatic carbocycles. The van der Waals surface area contributed by atoms with Crippen LogP contribution in [0.5, 0.6) is 0 Å². The molecular weight excluding hydrogens is 438 g/mol. The number of nitrogens with one attached hydrogen (secondary N) is 2. The van der Waals surface area contributed by atoms with Gasteiger partial charge in [0, 0.05) is 31.5 Å². The fraction of sp³-hybridized carbons (Fsp3) is 0.296. The monoisotopic (exact) mass is 466 g/mol. The molecule has 1 saturated heterocycles. The van der Waals surface area contributed by atoms with Gasteiger partial charge in [-0.3, -0.25) is 4.79 Å². The predicted molar refractivity (Wildman–Crippen MR) is 126 cm³/mol. The van der Waals surface area contributed by atoms with Crippen molar-refractivity contribution in [3.63, 3.8) is 0 Å². The molecule has 178 valence electrons. The molecule has 3 atom stereocenters. The van der Waals surface area contributed by atoms with Crippen molar-refractivity contribution in [1.29, 1.82) is 0 Å². The topological polar surface area (TPSA) is 70.6 Å². The molecule has 5 nitrogen and oxygen atoms in total. The Bertz CT molecular complexity index is 1040. The Kier molecular flexibility index (Phi) is 7.67. The van der Waals surface area contributed by atoms with Gasteiger partial charge in [0.2, 0.25) is 5.91 Å². The summed E-state index contributed by atoms with van der Waals surface area (Å²) >= 11 is 0. The van der Waals surface area contributed by atoms with Crippen LogP contribution in [0.4, 0.5) is 14.5 Å². The lowest BCUT2D eigenvalue weighted by atomic mass is 9.82. The largest absolute Gasteiger partial charge is 0.391 e. The number of ether oxygens (including phenoxy) is 1. The number of hydrogen-bond acceptors (Lipinski definition) is 4. The first-order valence-corrected chi connectivity index (χ1v) is 11.3. The third-order valence-corrected chi connectivity index (χ3v) is 6.10. The van der Waals surface area contributed by atoms with E-state index in [2.05, 4.69) is 10.6 Å². The van der Waals surface area contributed by atoms with E-state index in [0.717, 1.165) is 22.4 Å². The maximum atomic E-state index is 13.5. The van der Waals surface area contributed by atoms with Gasteiger partial charge in [-0.1, -0.05) is 36.4 Å². The molecule has 4 rings (SSSR count). The van der Waals surface area contributed by atoms with E-state index < -0.39 is 6.10 Å². The average molecular weight is 467 g/mol. The maximum Gasteiger partial charge on any atom is 0.221 e. The molecule has 34 heavy (non-hydrogen) atoms. The Hall–Kier alpha value is -3.13. The minimum Gasteiger partial charge on any atom is -0.391 e. The van der Waals surface area contributed by atoms with E-state index in [9.17, 15) is 18.7 Å². The van der Waals surface area contributed by atoms with E-state index >= 15 is 0 Å². The number of aliphatic hydroxyl groups is 1. The normalized spacial score (nSPS) is 20.3. The second kappa shape index (κ2) is 10.9. The summed E-state index contributed by atoms with van der Waals surface area (Å²) in [7, 11) is 0. The van der Waals surface area contributed by atoms with E-state index in [1.54, 1.807) is 24.3 Å². The first-order valence-electron chi connectivity index (χ1n) is 11.3. The molecule has 1 aliphatic rings. The molecule has 0 aromatic heterocycles. The van der Waals surface area contributed by atoms with Crippen molar-refractivity contribution in [2.75, 3.05) is 11.9 Å². The first kappa shape index (κ1) is 24.0. The summed E-state index contributed by atoms with van der Waals surface area (Å²) in [6.07, 6.45) is -0.625. The van der Waals surface area contributed by atoms with Crippen molar-refractivity contribution in [3.05, 3.63) is 101 Å². The number of benzene rings is 3. The number of halogens is 2. The van der Waals surface area contributed by atoms with Crippen molar-refractivity contribution >= 4 is 11.6 Å². The number of amides is 1. The summed E-state index contributed by atoms with van der Waals surface area (Å²) in [5, 5.41) is 17.0. The van der Waals surface area contributed by atoms with Crippen LogP contribution in [0, 0.1) is 11.6 Å². The summed E-state index contributed by atoms with van der Waals surface area (Å²) in [6.45, 7) is 2.30. The molecule has 0 bridgehead atoms. The quantitative estimate of drug-likeness (QED) is 0.484. The van der Waals surface area contributed by atoms with Gasteiger partial charge in [0.05, 0.1) is 24.9 Å². The molecule has 3 aromatic carbocycles. The van der Waals surface area contributed by atoms with Crippen LogP contribution in [0.25, 0.3) is 0 Å². The fourth-order valence-corrected chi connectivity index (χ4v) is 4.36.